The maximum Gasteiger partial charge on any atom is 0.0645 e. The standard InChI is InChI=1S/C18H28N2O/c1-18(2)14-21-12-11-20(18)13-16-6-4-3-5-15(16)9-10-19-17-7-8-17/h3-6,17,19H,7-14H2,1-2H3. The SMILES string of the molecule is CC1(C)COCCN1Cc1ccccc1CCNC1CC1. The molecule has 3 nitrogen and oxygen atoms in total. The van der Waals surface area contributed by atoms with Gasteiger partial charge in [0, 0.05) is 24.7 Å². The van der Waals surface area contributed by atoms with E-state index in [9.17, 15) is 0 Å². The summed E-state index contributed by atoms with van der Waals surface area (Å²) in [5.74, 6) is 0. The minimum Gasteiger partial charge on any atom is -0.378 e. The van der Waals surface area contributed by atoms with Crippen molar-refractivity contribution in [2.75, 3.05) is 26.3 Å². The van der Waals surface area contributed by atoms with Gasteiger partial charge in [-0.1, -0.05) is 24.3 Å². The molecule has 0 bridgehead atoms. The van der Waals surface area contributed by atoms with Crippen LogP contribution in [0.4, 0.5) is 0 Å². The monoisotopic (exact) mass is 288 g/mol. The molecule has 0 spiro atoms. The van der Waals surface area contributed by atoms with Crippen LogP contribution < -0.4 is 5.32 Å². The number of morpholine rings is 1. The Balaban J connectivity index is 1.63. The van der Waals surface area contributed by atoms with Gasteiger partial charge >= 0.3 is 0 Å². The van der Waals surface area contributed by atoms with E-state index in [1.54, 1.807) is 0 Å². The molecule has 0 unspecified atom stereocenters. The molecule has 1 heterocycles. The lowest BCUT2D eigenvalue weighted by atomic mass is 9.98. The Labute approximate surface area is 128 Å². The first-order chi connectivity index (χ1) is 10.1. The molecule has 1 saturated carbocycles. The highest BCUT2D eigenvalue weighted by Crippen LogP contribution is 2.23. The molecule has 3 rings (SSSR count). The Kier molecular flexibility index (Phi) is 4.63. The normalized spacial score (nSPS) is 22.4. The van der Waals surface area contributed by atoms with E-state index >= 15 is 0 Å². The molecule has 1 aliphatic carbocycles. The van der Waals surface area contributed by atoms with Gasteiger partial charge in [-0.2, -0.15) is 0 Å². The third kappa shape index (κ3) is 4.06. The van der Waals surface area contributed by atoms with Crippen molar-refractivity contribution in [1.29, 1.82) is 0 Å². The third-order valence-corrected chi connectivity index (χ3v) is 4.70. The van der Waals surface area contributed by atoms with Gasteiger partial charge in [0.05, 0.1) is 13.2 Å². The van der Waals surface area contributed by atoms with Crippen LogP contribution in [0.3, 0.4) is 0 Å². The fourth-order valence-corrected chi connectivity index (χ4v) is 3.04. The van der Waals surface area contributed by atoms with Gasteiger partial charge in [0.2, 0.25) is 0 Å². The first kappa shape index (κ1) is 15.0. The molecular weight excluding hydrogens is 260 g/mol. The molecule has 1 aromatic rings. The fourth-order valence-electron chi connectivity index (χ4n) is 3.04. The highest BCUT2D eigenvalue weighted by Gasteiger charge is 2.30. The molecule has 2 aliphatic rings. The molecule has 3 heteroatoms. The second-order valence-electron chi connectivity index (χ2n) is 7.03. The summed E-state index contributed by atoms with van der Waals surface area (Å²) in [4.78, 5) is 2.56. The Hall–Kier alpha value is -0.900. The van der Waals surface area contributed by atoms with Crippen molar-refractivity contribution in [3.05, 3.63) is 35.4 Å². The minimum atomic E-state index is 0.137. The van der Waals surface area contributed by atoms with E-state index in [4.69, 9.17) is 4.74 Å². The molecule has 0 atom stereocenters. The summed E-state index contributed by atoms with van der Waals surface area (Å²) in [5.41, 5.74) is 3.11. The summed E-state index contributed by atoms with van der Waals surface area (Å²) < 4.78 is 5.63. The van der Waals surface area contributed by atoms with Crippen molar-refractivity contribution >= 4 is 0 Å². The summed E-state index contributed by atoms with van der Waals surface area (Å²) in [5, 5.41) is 3.62. The zero-order chi connectivity index (χ0) is 14.7. The molecular formula is C18H28N2O. The van der Waals surface area contributed by atoms with Gasteiger partial charge < -0.3 is 10.1 Å². The second-order valence-corrected chi connectivity index (χ2v) is 7.03. The molecule has 0 amide bonds. The van der Waals surface area contributed by atoms with Crippen molar-refractivity contribution < 1.29 is 4.74 Å². The van der Waals surface area contributed by atoms with Gasteiger partial charge in [0.15, 0.2) is 0 Å². The first-order valence-electron chi connectivity index (χ1n) is 8.28. The van der Waals surface area contributed by atoms with E-state index in [0.29, 0.717) is 0 Å². The van der Waals surface area contributed by atoms with Crippen molar-refractivity contribution in [3.8, 4) is 0 Å². The minimum absolute atomic E-state index is 0.137. The Morgan fingerprint density at radius 3 is 2.71 bits per heavy atom. The highest BCUT2D eigenvalue weighted by molar-refractivity contribution is 5.27. The van der Waals surface area contributed by atoms with Crippen LogP contribution in [0.15, 0.2) is 24.3 Å². The van der Waals surface area contributed by atoms with Crippen LogP contribution in [0.25, 0.3) is 0 Å². The average molecular weight is 288 g/mol. The number of nitrogens with zero attached hydrogens (tertiary/aromatic N) is 1. The molecule has 0 radical (unpaired) electrons. The van der Waals surface area contributed by atoms with E-state index in [1.807, 2.05) is 0 Å². The van der Waals surface area contributed by atoms with Gasteiger partial charge in [-0.25, -0.2) is 0 Å². The predicted octanol–water partition coefficient (Wildman–Crippen LogP) is 2.59. The fraction of sp³-hybridized carbons (Fsp3) is 0.667. The van der Waals surface area contributed by atoms with E-state index in [0.717, 1.165) is 45.3 Å². The highest BCUT2D eigenvalue weighted by atomic mass is 16.5. The average Bonchev–Trinajstić information content (AvgIpc) is 3.27. The van der Waals surface area contributed by atoms with Gasteiger partial charge in [-0.3, -0.25) is 4.90 Å². The van der Waals surface area contributed by atoms with Gasteiger partial charge in [0.25, 0.3) is 0 Å². The number of hydrogen-bond donors (Lipinski definition) is 1. The summed E-state index contributed by atoms with van der Waals surface area (Å²) in [6.07, 6.45) is 3.87. The van der Waals surface area contributed by atoms with Crippen LogP contribution in [-0.4, -0.2) is 42.8 Å². The summed E-state index contributed by atoms with van der Waals surface area (Å²) in [7, 11) is 0. The molecule has 1 N–H and O–H groups in total. The van der Waals surface area contributed by atoms with Gasteiger partial charge in [-0.15, -0.1) is 0 Å². The zero-order valence-corrected chi connectivity index (χ0v) is 13.4. The Morgan fingerprint density at radius 1 is 1.24 bits per heavy atom. The van der Waals surface area contributed by atoms with Crippen LogP contribution in [0.2, 0.25) is 0 Å². The van der Waals surface area contributed by atoms with E-state index in [2.05, 4.69) is 48.3 Å². The van der Waals surface area contributed by atoms with Crippen molar-refractivity contribution in [2.24, 2.45) is 0 Å². The van der Waals surface area contributed by atoms with Crippen LogP contribution in [0, 0.1) is 0 Å². The van der Waals surface area contributed by atoms with Crippen LogP contribution in [0.5, 0.6) is 0 Å². The maximum atomic E-state index is 5.63. The van der Waals surface area contributed by atoms with Crippen molar-refractivity contribution in [3.63, 3.8) is 0 Å². The lowest BCUT2D eigenvalue weighted by Gasteiger charge is -2.42. The first-order valence-corrected chi connectivity index (χ1v) is 8.28. The largest absolute Gasteiger partial charge is 0.378 e. The molecule has 1 aliphatic heterocycles. The number of rotatable bonds is 6. The zero-order valence-electron chi connectivity index (χ0n) is 13.4. The number of nitrogens with one attached hydrogen (secondary N) is 1. The second kappa shape index (κ2) is 6.47. The topological polar surface area (TPSA) is 24.5 Å². The maximum absolute atomic E-state index is 5.63. The van der Waals surface area contributed by atoms with Gasteiger partial charge in [-0.05, 0) is 50.8 Å². The van der Waals surface area contributed by atoms with Crippen molar-refractivity contribution in [2.45, 2.75) is 51.2 Å². The van der Waals surface area contributed by atoms with Gasteiger partial charge in [0.1, 0.15) is 0 Å². The number of hydrogen-bond acceptors (Lipinski definition) is 3. The van der Waals surface area contributed by atoms with Crippen LogP contribution in [0.1, 0.15) is 37.8 Å². The summed E-state index contributed by atoms with van der Waals surface area (Å²) in [6, 6.07) is 9.71. The quantitative estimate of drug-likeness (QED) is 0.871. The molecule has 0 aromatic heterocycles. The Morgan fingerprint density at radius 2 is 2.00 bits per heavy atom. The number of benzene rings is 1. The molecule has 116 valence electrons. The summed E-state index contributed by atoms with van der Waals surface area (Å²) in [6.45, 7) is 9.42. The molecule has 1 saturated heterocycles. The lowest BCUT2D eigenvalue weighted by molar-refractivity contribution is -0.0553. The lowest BCUT2D eigenvalue weighted by Crippen LogP contribution is -2.52. The molecule has 1 aromatic carbocycles. The van der Waals surface area contributed by atoms with Crippen LogP contribution >= 0.6 is 0 Å². The predicted molar refractivity (Wildman–Crippen MR) is 86.5 cm³/mol. The van der Waals surface area contributed by atoms with E-state index < -0.39 is 0 Å². The Bertz CT molecular complexity index is 468. The summed E-state index contributed by atoms with van der Waals surface area (Å²) >= 11 is 0. The molecule has 21 heavy (non-hydrogen) atoms. The van der Waals surface area contributed by atoms with Crippen LogP contribution in [-0.2, 0) is 17.7 Å². The van der Waals surface area contributed by atoms with E-state index in [1.165, 1.54) is 24.0 Å². The molecule has 2 fully saturated rings. The van der Waals surface area contributed by atoms with E-state index in [-0.39, 0.29) is 5.54 Å². The third-order valence-electron chi connectivity index (χ3n) is 4.70. The number of ether oxygens (including phenoxy) is 1. The smallest absolute Gasteiger partial charge is 0.0645 e. The van der Waals surface area contributed by atoms with Crippen molar-refractivity contribution in [1.82, 2.24) is 10.2 Å².